The molecule has 4 rings (SSSR count). The number of carbonyl (C=O) groups is 1. The van der Waals surface area contributed by atoms with Crippen molar-refractivity contribution in [3.8, 4) is 0 Å². The van der Waals surface area contributed by atoms with Gasteiger partial charge in [-0.3, -0.25) is 4.79 Å². The smallest absolute Gasteiger partial charge is 0.276 e. The fourth-order valence-electron chi connectivity index (χ4n) is 3.20. The van der Waals surface area contributed by atoms with Gasteiger partial charge >= 0.3 is 0 Å². The highest BCUT2D eigenvalue weighted by atomic mass is 16.5. The summed E-state index contributed by atoms with van der Waals surface area (Å²) in [5.74, 6) is 1.97. The van der Waals surface area contributed by atoms with Crippen molar-refractivity contribution in [3.05, 3.63) is 59.9 Å². The third-order valence-corrected chi connectivity index (χ3v) is 4.55. The van der Waals surface area contributed by atoms with Gasteiger partial charge in [-0.15, -0.1) is 10.2 Å². The van der Waals surface area contributed by atoms with Gasteiger partial charge in [0.25, 0.3) is 5.91 Å². The number of anilines is 2. The van der Waals surface area contributed by atoms with Crippen LogP contribution in [0.4, 0.5) is 11.5 Å². The molecule has 0 bridgehead atoms. The van der Waals surface area contributed by atoms with Gasteiger partial charge in [-0.25, -0.2) is 0 Å². The molecule has 0 aliphatic carbocycles. The molecule has 1 aromatic carbocycles. The Morgan fingerprint density at radius 1 is 1.19 bits per heavy atom. The molecule has 1 unspecified atom stereocenters. The summed E-state index contributed by atoms with van der Waals surface area (Å²) in [7, 11) is 0. The standard InChI is InChI=1S/C19H20N6O2/c1-13-20-19(27-24-13)14-6-5-11-25(12-14)17-10-9-16(22-23-17)18(26)21-15-7-3-2-4-8-15/h2-4,7-10,14H,5-6,11-12H2,1H3,(H,21,26). The molecule has 0 spiro atoms. The first kappa shape index (κ1) is 17.1. The molecule has 1 aliphatic rings. The zero-order chi connectivity index (χ0) is 18.6. The van der Waals surface area contributed by atoms with Crippen molar-refractivity contribution in [2.24, 2.45) is 0 Å². The van der Waals surface area contributed by atoms with Gasteiger partial charge < -0.3 is 14.7 Å². The van der Waals surface area contributed by atoms with Gasteiger partial charge in [0, 0.05) is 18.8 Å². The van der Waals surface area contributed by atoms with Crippen LogP contribution in [0.3, 0.4) is 0 Å². The summed E-state index contributed by atoms with van der Waals surface area (Å²) in [5.41, 5.74) is 1.01. The van der Waals surface area contributed by atoms with E-state index in [1.807, 2.05) is 43.3 Å². The van der Waals surface area contributed by atoms with E-state index >= 15 is 0 Å². The van der Waals surface area contributed by atoms with E-state index in [-0.39, 0.29) is 17.5 Å². The number of rotatable bonds is 4. The molecule has 1 N–H and O–H groups in total. The maximum atomic E-state index is 12.3. The molecule has 1 atom stereocenters. The minimum atomic E-state index is -0.280. The summed E-state index contributed by atoms with van der Waals surface area (Å²) < 4.78 is 5.32. The molecule has 138 valence electrons. The molecule has 0 saturated carbocycles. The number of amides is 1. The van der Waals surface area contributed by atoms with Crippen LogP contribution in [0.5, 0.6) is 0 Å². The molecule has 1 saturated heterocycles. The van der Waals surface area contributed by atoms with E-state index in [9.17, 15) is 4.79 Å². The quantitative estimate of drug-likeness (QED) is 0.760. The van der Waals surface area contributed by atoms with Crippen LogP contribution >= 0.6 is 0 Å². The van der Waals surface area contributed by atoms with Crippen molar-refractivity contribution in [2.75, 3.05) is 23.3 Å². The Kier molecular flexibility index (Phi) is 4.78. The predicted octanol–water partition coefficient (Wildman–Crippen LogP) is 2.80. The van der Waals surface area contributed by atoms with Crippen molar-refractivity contribution in [1.82, 2.24) is 20.3 Å². The lowest BCUT2D eigenvalue weighted by Crippen LogP contribution is -2.35. The maximum absolute atomic E-state index is 12.3. The van der Waals surface area contributed by atoms with Crippen LogP contribution in [0.15, 0.2) is 47.0 Å². The van der Waals surface area contributed by atoms with Gasteiger partial charge in [0.15, 0.2) is 17.3 Å². The Hall–Kier alpha value is -3.29. The van der Waals surface area contributed by atoms with Crippen LogP contribution in [0.2, 0.25) is 0 Å². The topological polar surface area (TPSA) is 97.0 Å². The highest BCUT2D eigenvalue weighted by Crippen LogP contribution is 2.28. The van der Waals surface area contributed by atoms with E-state index in [1.54, 1.807) is 6.07 Å². The third-order valence-electron chi connectivity index (χ3n) is 4.55. The first-order chi connectivity index (χ1) is 13.2. The van der Waals surface area contributed by atoms with Gasteiger partial charge in [0.2, 0.25) is 5.89 Å². The van der Waals surface area contributed by atoms with E-state index in [4.69, 9.17) is 4.52 Å². The number of nitrogens with zero attached hydrogens (tertiary/aromatic N) is 5. The lowest BCUT2D eigenvalue weighted by molar-refractivity contribution is 0.102. The molecular weight excluding hydrogens is 344 g/mol. The van der Waals surface area contributed by atoms with Gasteiger partial charge in [0.1, 0.15) is 0 Å². The molecule has 3 aromatic rings. The summed E-state index contributed by atoms with van der Waals surface area (Å²) in [6, 6.07) is 12.8. The van der Waals surface area contributed by atoms with Crippen LogP contribution in [0, 0.1) is 6.92 Å². The molecule has 0 radical (unpaired) electrons. The Morgan fingerprint density at radius 2 is 2.04 bits per heavy atom. The lowest BCUT2D eigenvalue weighted by Gasteiger charge is -2.31. The highest BCUT2D eigenvalue weighted by Gasteiger charge is 2.26. The molecule has 1 aliphatic heterocycles. The van der Waals surface area contributed by atoms with Crippen molar-refractivity contribution >= 4 is 17.4 Å². The Morgan fingerprint density at radius 3 is 2.74 bits per heavy atom. The van der Waals surface area contributed by atoms with Gasteiger partial charge in [-0.05, 0) is 44.0 Å². The predicted molar refractivity (Wildman–Crippen MR) is 99.7 cm³/mol. The number of nitrogens with one attached hydrogen (secondary N) is 1. The number of benzene rings is 1. The van der Waals surface area contributed by atoms with E-state index < -0.39 is 0 Å². The van der Waals surface area contributed by atoms with Crippen molar-refractivity contribution < 1.29 is 9.32 Å². The fourth-order valence-corrected chi connectivity index (χ4v) is 3.20. The minimum Gasteiger partial charge on any atom is -0.354 e. The SMILES string of the molecule is Cc1noc(C2CCCN(c3ccc(C(=O)Nc4ccccc4)nn3)C2)n1. The first-order valence-corrected chi connectivity index (χ1v) is 8.94. The van der Waals surface area contributed by atoms with Gasteiger partial charge in [0.05, 0.1) is 5.92 Å². The molecule has 8 heteroatoms. The van der Waals surface area contributed by atoms with E-state index in [1.165, 1.54) is 0 Å². The highest BCUT2D eigenvalue weighted by molar-refractivity contribution is 6.02. The average molecular weight is 364 g/mol. The van der Waals surface area contributed by atoms with Crippen molar-refractivity contribution in [1.29, 1.82) is 0 Å². The summed E-state index contributed by atoms with van der Waals surface area (Å²) in [6.07, 6.45) is 2.01. The number of aryl methyl sites for hydroxylation is 1. The fraction of sp³-hybridized carbons (Fsp3) is 0.316. The van der Waals surface area contributed by atoms with E-state index in [0.717, 1.165) is 37.4 Å². The zero-order valence-electron chi connectivity index (χ0n) is 15.0. The van der Waals surface area contributed by atoms with E-state index in [2.05, 4.69) is 30.6 Å². The molecule has 3 heterocycles. The van der Waals surface area contributed by atoms with E-state index in [0.29, 0.717) is 11.7 Å². The largest absolute Gasteiger partial charge is 0.354 e. The van der Waals surface area contributed by atoms with Crippen LogP contribution < -0.4 is 10.2 Å². The number of hydrogen-bond acceptors (Lipinski definition) is 7. The van der Waals surface area contributed by atoms with Crippen molar-refractivity contribution in [2.45, 2.75) is 25.7 Å². The zero-order valence-corrected chi connectivity index (χ0v) is 15.0. The second-order valence-corrected chi connectivity index (χ2v) is 6.56. The monoisotopic (exact) mass is 364 g/mol. The van der Waals surface area contributed by atoms with Gasteiger partial charge in [-0.2, -0.15) is 4.98 Å². The summed E-state index contributed by atoms with van der Waals surface area (Å²) in [4.78, 5) is 18.8. The number of piperidine rings is 1. The summed E-state index contributed by atoms with van der Waals surface area (Å²) in [5, 5.41) is 15.0. The number of carbonyl (C=O) groups excluding carboxylic acids is 1. The first-order valence-electron chi connectivity index (χ1n) is 8.94. The Balaban J connectivity index is 1.43. The van der Waals surface area contributed by atoms with Crippen LogP contribution in [0.25, 0.3) is 0 Å². The lowest BCUT2D eigenvalue weighted by atomic mass is 9.98. The Bertz CT molecular complexity index is 909. The molecule has 1 fully saturated rings. The minimum absolute atomic E-state index is 0.183. The molecule has 27 heavy (non-hydrogen) atoms. The molecule has 1 amide bonds. The van der Waals surface area contributed by atoms with Crippen LogP contribution in [-0.4, -0.2) is 39.3 Å². The van der Waals surface area contributed by atoms with Crippen LogP contribution in [0.1, 0.15) is 41.0 Å². The second kappa shape index (κ2) is 7.53. The molecule has 8 nitrogen and oxygen atoms in total. The normalized spacial score (nSPS) is 16.9. The van der Waals surface area contributed by atoms with Crippen LogP contribution in [-0.2, 0) is 0 Å². The second-order valence-electron chi connectivity index (χ2n) is 6.56. The summed E-state index contributed by atoms with van der Waals surface area (Å²) >= 11 is 0. The maximum Gasteiger partial charge on any atom is 0.276 e. The number of hydrogen-bond donors (Lipinski definition) is 1. The Labute approximate surface area is 156 Å². The average Bonchev–Trinajstić information content (AvgIpc) is 3.15. The summed E-state index contributed by atoms with van der Waals surface area (Å²) in [6.45, 7) is 3.44. The molecular formula is C19H20N6O2. The molecule has 2 aromatic heterocycles. The van der Waals surface area contributed by atoms with Gasteiger partial charge in [-0.1, -0.05) is 23.4 Å². The third kappa shape index (κ3) is 3.94. The number of aromatic nitrogens is 4. The number of para-hydroxylation sites is 1. The van der Waals surface area contributed by atoms with Crippen molar-refractivity contribution in [3.63, 3.8) is 0 Å².